The van der Waals surface area contributed by atoms with Crippen molar-refractivity contribution in [2.75, 3.05) is 33.5 Å². The van der Waals surface area contributed by atoms with Gasteiger partial charge in [-0.15, -0.1) is 0 Å². The van der Waals surface area contributed by atoms with Crippen LogP contribution in [0.1, 0.15) is 19.4 Å². The lowest BCUT2D eigenvalue weighted by molar-refractivity contribution is -0.114. The first kappa shape index (κ1) is 26.7. The van der Waals surface area contributed by atoms with E-state index in [-0.39, 0.29) is 23.9 Å². The highest BCUT2D eigenvalue weighted by molar-refractivity contribution is 8.27. The molecule has 0 atom stereocenters. The molecule has 1 N–H and O–H groups in total. The maximum Gasteiger partial charge on any atom is 0.283 e. The zero-order valence-electron chi connectivity index (χ0n) is 20.7. The number of benzene rings is 2. The number of halogens is 1. The highest BCUT2D eigenvalue weighted by atomic mass is 35.5. The minimum absolute atomic E-state index is 0.0399. The number of methoxy groups -OCH3 is 1. The minimum Gasteiger partial charge on any atom is -0.493 e. The minimum atomic E-state index is -0.507. The number of aliphatic imine (C=N–C) groups is 1. The Kier molecular flexibility index (Phi) is 8.86. The zero-order valence-corrected chi connectivity index (χ0v) is 22.3. The van der Waals surface area contributed by atoms with Gasteiger partial charge in [0.2, 0.25) is 5.17 Å². The van der Waals surface area contributed by atoms with Gasteiger partial charge in [-0.05, 0) is 47.7 Å². The van der Waals surface area contributed by atoms with Crippen molar-refractivity contribution in [2.24, 2.45) is 16.0 Å². The Hall–Kier alpha value is -3.34. The molecule has 0 spiro atoms. The third-order valence-corrected chi connectivity index (χ3v) is 6.73. The zero-order chi connectivity index (χ0) is 26.4. The third-order valence-electron chi connectivity index (χ3n) is 5.24. The predicted octanol–water partition coefficient (Wildman–Crippen LogP) is 5.10. The lowest BCUT2D eigenvalue weighted by Gasteiger charge is -2.20. The van der Waals surface area contributed by atoms with Gasteiger partial charge in [-0.25, -0.2) is 0 Å². The van der Waals surface area contributed by atoms with Crippen molar-refractivity contribution in [1.82, 2.24) is 5.01 Å². The summed E-state index contributed by atoms with van der Waals surface area (Å²) in [6.45, 7) is 5.43. The first-order chi connectivity index (χ1) is 17.9. The molecule has 1 amide bonds. The number of carbonyl (C=O) groups excluding carboxylic acids is 1. The number of para-hydroxylation sites is 1. The number of ether oxygens (including phenoxy) is 4. The number of amidine groups is 2. The Labute approximate surface area is 224 Å². The summed E-state index contributed by atoms with van der Waals surface area (Å²) in [5.74, 6) is 1.16. The van der Waals surface area contributed by atoms with Crippen LogP contribution in [-0.2, 0) is 9.53 Å². The van der Waals surface area contributed by atoms with Crippen molar-refractivity contribution in [3.8, 4) is 17.2 Å². The van der Waals surface area contributed by atoms with E-state index in [1.165, 1.54) is 23.9 Å². The summed E-state index contributed by atoms with van der Waals surface area (Å²) >= 11 is 7.78. The van der Waals surface area contributed by atoms with Gasteiger partial charge in [-0.2, -0.15) is 15.1 Å². The number of nitrogens with one attached hydrogen (secondary N) is 1. The average molecular weight is 543 g/mol. The van der Waals surface area contributed by atoms with Crippen LogP contribution in [0.5, 0.6) is 17.2 Å². The van der Waals surface area contributed by atoms with Crippen LogP contribution < -0.4 is 14.2 Å². The molecule has 4 rings (SSSR count). The van der Waals surface area contributed by atoms with E-state index in [9.17, 15) is 4.79 Å². The first-order valence-corrected chi connectivity index (χ1v) is 12.8. The van der Waals surface area contributed by atoms with Gasteiger partial charge in [0.1, 0.15) is 24.0 Å². The SMILES string of the molecule is COc1cc(/C=C2/C(=N)N3N=C(C(C)C)SC3=NC2=O)cc(Cl)c1OCCOCCOc1ccccc1. The van der Waals surface area contributed by atoms with E-state index in [4.69, 9.17) is 36.0 Å². The smallest absolute Gasteiger partial charge is 0.283 e. The van der Waals surface area contributed by atoms with E-state index in [2.05, 4.69) is 10.1 Å². The normalized spacial score (nSPS) is 16.1. The highest BCUT2D eigenvalue weighted by Crippen LogP contribution is 2.38. The average Bonchev–Trinajstić information content (AvgIpc) is 3.32. The van der Waals surface area contributed by atoms with Crippen molar-refractivity contribution in [3.05, 3.63) is 58.6 Å². The van der Waals surface area contributed by atoms with Gasteiger partial charge in [0, 0.05) is 5.92 Å². The topological polar surface area (TPSA) is 106 Å². The number of carbonyl (C=O) groups is 1. The molecule has 0 fully saturated rings. The fourth-order valence-corrected chi connectivity index (χ4v) is 4.58. The van der Waals surface area contributed by atoms with Crippen LogP contribution in [0.2, 0.25) is 5.02 Å². The molecule has 0 bridgehead atoms. The Bertz CT molecular complexity index is 1260. The highest BCUT2D eigenvalue weighted by Gasteiger charge is 2.36. The Morgan fingerprint density at radius 1 is 1.11 bits per heavy atom. The lowest BCUT2D eigenvalue weighted by Crippen LogP contribution is -2.35. The van der Waals surface area contributed by atoms with Crippen LogP contribution in [0, 0.1) is 11.3 Å². The fraction of sp³-hybridized carbons (Fsp3) is 0.308. The molecule has 2 aromatic carbocycles. The predicted molar refractivity (Wildman–Crippen MR) is 146 cm³/mol. The maximum atomic E-state index is 12.7. The van der Waals surface area contributed by atoms with E-state index >= 15 is 0 Å². The van der Waals surface area contributed by atoms with Gasteiger partial charge in [0.15, 0.2) is 17.3 Å². The van der Waals surface area contributed by atoms with Gasteiger partial charge >= 0.3 is 0 Å². The summed E-state index contributed by atoms with van der Waals surface area (Å²) in [6, 6.07) is 12.8. The van der Waals surface area contributed by atoms with Crippen LogP contribution in [-0.4, -0.2) is 60.5 Å². The molecule has 2 aliphatic heterocycles. The van der Waals surface area contributed by atoms with Gasteiger partial charge in [0.05, 0.1) is 30.9 Å². The molecule has 11 heteroatoms. The van der Waals surface area contributed by atoms with Gasteiger partial charge in [-0.1, -0.05) is 43.6 Å². The number of hydrogen-bond acceptors (Lipinski definition) is 8. The van der Waals surface area contributed by atoms with Crippen LogP contribution >= 0.6 is 23.4 Å². The van der Waals surface area contributed by atoms with Gasteiger partial charge in [-0.3, -0.25) is 10.2 Å². The number of fused-ring (bicyclic) bond motifs is 1. The van der Waals surface area contributed by atoms with Crippen molar-refractivity contribution < 1.29 is 23.7 Å². The second-order valence-electron chi connectivity index (χ2n) is 8.27. The van der Waals surface area contributed by atoms with Gasteiger partial charge < -0.3 is 18.9 Å². The molecular formula is C26H27ClN4O5S. The van der Waals surface area contributed by atoms with Crippen molar-refractivity contribution >= 4 is 51.4 Å². The Morgan fingerprint density at radius 3 is 2.54 bits per heavy atom. The molecule has 2 aliphatic rings. The summed E-state index contributed by atoms with van der Waals surface area (Å²) in [4.78, 5) is 16.8. The monoisotopic (exact) mass is 542 g/mol. The van der Waals surface area contributed by atoms with Crippen molar-refractivity contribution in [1.29, 1.82) is 5.41 Å². The van der Waals surface area contributed by atoms with Crippen LogP contribution in [0.4, 0.5) is 0 Å². The van der Waals surface area contributed by atoms with E-state index in [1.54, 1.807) is 18.2 Å². The number of rotatable bonds is 11. The molecule has 0 aromatic heterocycles. The molecule has 0 saturated heterocycles. The second-order valence-corrected chi connectivity index (χ2v) is 9.66. The summed E-state index contributed by atoms with van der Waals surface area (Å²) in [5.41, 5.74) is 0.672. The number of amides is 1. The third kappa shape index (κ3) is 6.51. The van der Waals surface area contributed by atoms with Crippen molar-refractivity contribution in [3.63, 3.8) is 0 Å². The first-order valence-electron chi connectivity index (χ1n) is 11.6. The second kappa shape index (κ2) is 12.3. The Balaban J connectivity index is 1.37. The molecule has 194 valence electrons. The van der Waals surface area contributed by atoms with E-state index < -0.39 is 5.91 Å². The van der Waals surface area contributed by atoms with E-state index in [0.717, 1.165) is 10.8 Å². The summed E-state index contributed by atoms with van der Waals surface area (Å²) in [5, 5.41) is 15.8. The number of thioether (sulfide) groups is 1. The molecular weight excluding hydrogens is 516 g/mol. The summed E-state index contributed by atoms with van der Waals surface area (Å²) < 4.78 is 22.4. The van der Waals surface area contributed by atoms with E-state index in [0.29, 0.717) is 47.1 Å². The van der Waals surface area contributed by atoms with Crippen LogP contribution in [0.25, 0.3) is 6.08 Å². The molecule has 2 aromatic rings. The van der Waals surface area contributed by atoms with Gasteiger partial charge in [0.25, 0.3) is 5.91 Å². The number of hydrazone groups is 1. The molecule has 9 nitrogen and oxygen atoms in total. The molecule has 2 heterocycles. The van der Waals surface area contributed by atoms with E-state index in [1.807, 2.05) is 44.2 Å². The molecule has 0 aliphatic carbocycles. The molecule has 0 radical (unpaired) electrons. The quantitative estimate of drug-likeness (QED) is 0.311. The Morgan fingerprint density at radius 2 is 1.84 bits per heavy atom. The maximum absolute atomic E-state index is 12.7. The summed E-state index contributed by atoms with van der Waals surface area (Å²) in [6.07, 6.45) is 1.55. The molecule has 0 saturated carbocycles. The summed E-state index contributed by atoms with van der Waals surface area (Å²) in [7, 11) is 1.50. The lowest BCUT2D eigenvalue weighted by atomic mass is 10.1. The number of nitrogens with zero attached hydrogens (tertiary/aromatic N) is 3. The number of hydrogen-bond donors (Lipinski definition) is 1. The van der Waals surface area contributed by atoms with Crippen LogP contribution in [0.15, 0.2) is 58.1 Å². The van der Waals surface area contributed by atoms with Crippen molar-refractivity contribution in [2.45, 2.75) is 13.8 Å². The molecule has 0 unspecified atom stereocenters. The molecule has 37 heavy (non-hydrogen) atoms. The largest absolute Gasteiger partial charge is 0.493 e. The standard InChI is InChI=1S/C26H27ClN4O5S/c1-16(2)25-30-31-23(28)19(24(32)29-26(31)37-25)13-17-14-20(27)22(21(15-17)33-3)36-12-10-34-9-11-35-18-7-5-4-6-8-18/h4-8,13-16,28H,9-12H2,1-3H3/b19-13-,28-23?. The van der Waals surface area contributed by atoms with Crippen LogP contribution in [0.3, 0.4) is 0 Å². The fourth-order valence-electron chi connectivity index (χ4n) is 3.41.